The Morgan fingerprint density at radius 1 is 1.18 bits per heavy atom. The van der Waals surface area contributed by atoms with Gasteiger partial charge in [0.2, 0.25) is 5.91 Å². The minimum Gasteiger partial charge on any atom is -0.480 e. The van der Waals surface area contributed by atoms with E-state index >= 15 is 0 Å². The lowest BCUT2D eigenvalue weighted by atomic mass is 9.91. The molecule has 1 aliphatic heterocycles. The molecule has 1 unspecified atom stereocenters. The molecule has 1 amide bonds. The molecule has 1 saturated heterocycles. The van der Waals surface area contributed by atoms with Gasteiger partial charge in [-0.3, -0.25) is 4.79 Å². The van der Waals surface area contributed by atoms with Gasteiger partial charge in [0.1, 0.15) is 6.04 Å². The van der Waals surface area contributed by atoms with Crippen molar-refractivity contribution in [3.63, 3.8) is 0 Å². The van der Waals surface area contributed by atoms with Crippen LogP contribution in [0.25, 0.3) is 0 Å². The maximum Gasteiger partial charge on any atom is 0.326 e. The van der Waals surface area contributed by atoms with Crippen molar-refractivity contribution in [2.75, 3.05) is 6.54 Å². The molecule has 1 heterocycles. The second-order valence-electron chi connectivity index (χ2n) is 4.86. The van der Waals surface area contributed by atoms with E-state index in [1.54, 1.807) is 4.90 Å². The molecule has 0 radical (unpaired) electrons. The van der Waals surface area contributed by atoms with Crippen molar-refractivity contribution in [1.29, 1.82) is 0 Å². The lowest BCUT2D eigenvalue weighted by molar-refractivity contribution is -0.154. The number of amides is 1. The first-order valence-electron chi connectivity index (χ1n) is 6.38. The van der Waals surface area contributed by atoms with E-state index in [2.05, 4.69) is 6.08 Å². The summed E-state index contributed by atoms with van der Waals surface area (Å²) in [6, 6.07) is -0.595. The van der Waals surface area contributed by atoms with Gasteiger partial charge in [-0.15, -0.1) is 0 Å². The lowest BCUT2D eigenvalue weighted by Crippen LogP contribution is -2.50. The number of aliphatic carboxylic acids is 1. The average Bonchev–Trinajstić information content (AvgIpc) is 2.39. The molecule has 4 nitrogen and oxygen atoms in total. The zero-order valence-corrected chi connectivity index (χ0v) is 9.97. The minimum absolute atomic E-state index is 0.0000463. The molecule has 0 aromatic heterocycles. The summed E-state index contributed by atoms with van der Waals surface area (Å²) in [5.41, 5.74) is 0. The number of hydrogen-bond acceptors (Lipinski definition) is 2. The molecule has 0 aromatic rings. The average molecular weight is 237 g/mol. The number of piperidine rings is 1. The van der Waals surface area contributed by atoms with Crippen molar-refractivity contribution in [2.24, 2.45) is 5.92 Å². The second kappa shape index (κ2) is 5.34. The van der Waals surface area contributed by atoms with Gasteiger partial charge in [0, 0.05) is 12.5 Å². The van der Waals surface area contributed by atoms with Gasteiger partial charge >= 0.3 is 5.97 Å². The summed E-state index contributed by atoms with van der Waals surface area (Å²) in [6.07, 6.45) is 9.12. The number of rotatable bonds is 2. The van der Waals surface area contributed by atoms with Crippen LogP contribution >= 0.6 is 0 Å². The van der Waals surface area contributed by atoms with Crippen LogP contribution in [-0.4, -0.2) is 34.5 Å². The molecule has 0 bridgehead atoms. The first kappa shape index (κ1) is 12.1. The standard InChI is InChI=1S/C13H19NO3/c15-12(10-6-2-1-3-7-10)14-9-5-4-8-11(14)13(16)17/h1-2,10-11H,3-9H2,(H,16,17)/t10?,11-/m1/s1. The van der Waals surface area contributed by atoms with E-state index in [9.17, 15) is 9.59 Å². The highest BCUT2D eigenvalue weighted by Crippen LogP contribution is 2.25. The van der Waals surface area contributed by atoms with Crippen LogP contribution in [0.15, 0.2) is 12.2 Å². The van der Waals surface area contributed by atoms with E-state index in [1.807, 2.05) is 6.08 Å². The lowest BCUT2D eigenvalue weighted by Gasteiger charge is -2.35. The fraction of sp³-hybridized carbons (Fsp3) is 0.692. The molecule has 94 valence electrons. The Balaban J connectivity index is 2.05. The van der Waals surface area contributed by atoms with Crippen molar-refractivity contribution >= 4 is 11.9 Å². The molecule has 2 aliphatic rings. The van der Waals surface area contributed by atoms with Crippen LogP contribution < -0.4 is 0 Å². The van der Waals surface area contributed by atoms with Gasteiger partial charge < -0.3 is 10.0 Å². The van der Waals surface area contributed by atoms with E-state index in [-0.39, 0.29) is 11.8 Å². The van der Waals surface area contributed by atoms with Gasteiger partial charge in [-0.05, 0) is 38.5 Å². The van der Waals surface area contributed by atoms with Crippen LogP contribution in [0, 0.1) is 5.92 Å². The Kier molecular flexibility index (Phi) is 3.82. The molecule has 2 rings (SSSR count). The van der Waals surface area contributed by atoms with Crippen molar-refractivity contribution < 1.29 is 14.7 Å². The molecular formula is C13H19NO3. The van der Waals surface area contributed by atoms with E-state index in [1.165, 1.54) is 0 Å². The fourth-order valence-corrected chi connectivity index (χ4v) is 2.70. The number of hydrogen-bond donors (Lipinski definition) is 1. The van der Waals surface area contributed by atoms with Gasteiger partial charge in [0.25, 0.3) is 0 Å². The Labute approximate surface area is 101 Å². The molecule has 0 saturated carbocycles. The van der Waals surface area contributed by atoms with E-state index < -0.39 is 12.0 Å². The largest absolute Gasteiger partial charge is 0.480 e. The van der Waals surface area contributed by atoms with Crippen LogP contribution in [-0.2, 0) is 9.59 Å². The Morgan fingerprint density at radius 2 is 2.00 bits per heavy atom. The van der Waals surface area contributed by atoms with E-state index in [4.69, 9.17) is 5.11 Å². The Bertz CT molecular complexity index is 338. The van der Waals surface area contributed by atoms with Crippen LogP contribution in [0.5, 0.6) is 0 Å². The van der Waals surface area contributed by atoms with Gasteiger partial charge in [0.05, 0.1) is 0 Å². The van der Waals surface area contributed by atoms with Crippen molar-refractivity contribution in [1.82, 2.24) is 4.90 Å². The number of carbonyl (C=O) groups excluding carboxylic acids is 1. The molecule has 4 heteroatoms. The number of carboxylic acids is 1. The van der Waals surface area contributed by atoms with Gasteiger partial charge in [-0.25, -0.2) is 4.79 Å². The maximum absolute atomic E-state index is 12.3. The third kappa shape index (κ3) is 2.68. The molecule has 0 aromatic carbocycles. The van der Waals surface area contributed by atoms with Gasteiger partial charge in [0.15, 0.2) is 0 Å². The van der Waals surface area contributed by atoms with E-state index in [0.29, 0.717) is 13.0 Å². The third-order valence-electron chi connectivity index (χ3n) is 3.69. The molecular weight excluding hydrogens is 218 g/mol. The molecule has 2 atom stereocenters. The van der Waals surface area contributed by atoms with Crippen molar-refractivity contribution in [2.45, 2.75) is 44.6 Å². The first-order valence-corrected chi connectivity index (χ1v) is 6.38. The Hall–Kier alpha value is -1.32. The Morgan fingerprint density at radius 3 is 2.65 bits per heavy atom. The third-order valence-corrected chi connectivity index (χ3v) is 3.69. The molecule has 17 heavy (non-hydrogen) atoms. The second-order valence-corrected chi connectivity index (χ2v) is 4.86. The maximum atomic E-state index is 12.3. The summed E-state index contributed by atoms with van der Waals surface area (Å²) in [6.45, 7) is 0.607. The number of allylic oxidation sites excluding steroid dienone is 2. The van der Waals surface area contributed by atoms with Crippen molar-refractivity contribution in [3.8, 4) is 0 Å². The monoisotopic (exact) mass is 237 g/mol. The van der Waals surface area contributed by atoms with Gasteiger partial charge in [-0.2, -0.15) is 0 Å². The summed E-state index contributed by atoms with van der Waals surface area (Å²) in [5, 5.41) is 9.15. The number of likely N-dealkylation sites (tertiary alicyclic amines) is 1. The smallest absolute Gasteiger partial charge is 0.326 e. The topological polar surface area (TPSA) is 57.6 Å². The molecule has 0 spiro atoms. The summed E-state index contributed by atoms with van der Waals surface area (Å²) < 4.78 is 0. The SMILES string of the molecule is O=C(O)[C@H]1CCCCN1C(=O)C1CC=CCC1. The quantitative estimate of drug-likeness (QED) is 0.745. The summed E-state index contributed by atoms with van der Waals surface area (Å²) >= 11 is 0. The van der Waals surface area contributed by atoms with E-state index in [0.717, 1.165) is 32.1 Å². The van der Waals surface area contributed by atoms with Gasteiger partial charge in [-0.1, -0.05) is 12.2 Å². The fourth-order valence-electron chi connectivity index (χ4n) is 2.70. The highest BCUT2D eigenvalue weighted by atomic mass is 16.4. The number of carbonyl (C=O) groups is 2. The summed E-state index contributed by atoms with van der Waals surface area (Å²) in [7, 11) is 0. The van der Waals surface area contributed by atoms with Crippen LogP contribution in [0.3, 0.4) is 0 Å². The van der Waals surface area contributed by atoms with Crippen LogP contribution in [0.1, 0.15) is 38.5 Å². The van der Waals surface area contributed by atoms with Crippen LogP contribution in [0.2, 0.25) is 0 Å². The zero-order chi connectivity index (χ0) is 12.3. The molecule has 1 fully saturated rings. The predicted molar refractivity (Wildman–Crippen MR) is 63.5 cm³/mol. The molecule has 1 N–H and O–H groups in total. The first-order chi connectivity index (χ1) is 8.20. The zero-order valence-electron chi connectivity index (χ0n) is 9.97. The van der Waals surface area contributed by atoms with Crippen LogP contribution in [0.4, 0.5) is 0 Å². The predicted octanol–water partition coefficient (Wildman–Crippen LogP) is 1.81. The molecule has 1 aliphatic carbocycles. The van der Waals surface area contributed by atoms with Crippen molar-refractivity contribution in [3.05, 3.63) is 12.2 Å². The number of carboxylic acid groups (broad SMARTS) is 1. The highest BCUT2D eigenvalue weighted by molar-refractivity contribution is 5.85. The number of nitrogens with zero attached hydrogens (tertiary/aromatic N) is 1. The minimum atomic E-state index is -0.857. The summed E-state index contributed by atoms with van der Waals surface area (Å²) in [4.78, 5) is 25.0. The highest BCUT2D eigenvalue weighted by Gasteiger charge is 2.34. The normalized spacial score (nSPS) is 29.1. The summed E-state index contributed by atoms with van der Waals surface area (Å²) in [5.74, 6) is -0.814.